The number of hydrogen-bond donors (Lipinski definition) is 4. The zero-order chi connectivity index (χ0) is 9.71. The fraction of sp³-hybridized carbons (Fsp3) is 0. The zero-order valence-electron chi connectivity index (χ0n) is 4.65. The molecule has 0 spiro atoms. The second kappa shape index (κ2) is 4.55. The van der Waals surface area contributed by atoms with Crippen LogP contribution in [0, 0.1) is 0 Å². The molecule has 0 heterocycles. The Labute approximate surface area is 61.7 Å². The van der Waals surface area contributed by atoms with Gasteiger partial charge in [-0.05, 0) is 0 Å². The molecule has 11 heavy (non-hydrogen) atoms. The molecule has 0 saturated carbocycles. The molecule has 11 heteroatoms. The summed E-state index contributed by atoms with van der Waals surface area (Å²) in [4.78, 5) is 0. The molecule has 0 unspecified atom stereocenters. The van der Waals surface area contributed by atoms with E-state index in [0.29, 0.717) is 0 Å². The van der Waals surface area contributed by atoms with Gasteiger partial charge >= 0.3 is 20.8 Å². The number of rotatable bonds is 1. The Hall–Kier alpha value is -0.300. The molecule has 9 nitrogen and oxygen atoms in total. The quantitative estimate of drug-likeness (QED) is 0.233. The smallest absolute Gasteiger partial charge is 0.264 e. The van der Waals surface area contributed by atoms with E-state index in [1.165, 1.54) is 0 Å². The SMILES string of the molecule is O=S(=O)(O)O.O=S(=O)(O)OO. The summed E-state index contributed by atoms with van der Waals surface area (Å²) in [7, 11) is -9.27. The first kappa shape index (κ1) is 13.3. The van der Waals surface area contributed by atoms with Gasteiger partial charge in [-0.1, -0.05) is 4.33 Å². The molecule has 0 rings (SSSR count). The second-order valence-corrected chi connectivity index (χ2v) is 2.85. The Morgan fingerprint density at radius 3 is 1.00 bits per heavy atom. The molecule has 0 aliphatic rings. The van der Waals surface area contributed by atoms with Gasteiger partial charge in [-0.15, -0.1) is 0 Å². The van der Waals surface area contributed by atoms with Crippen molar-refractivity contribution >= 4 is 20.8 Å². The lowest BCUT2D eigenvalue weighted by Gasteiger charge is -1.79. The highest BCUT2D eigenvalue weighted by molar-refractivity contribution is 7.80. The molecule has 70 valence electrons. The fourth-order valence-corrected chi connectivity index (χ4v) is 0. The Balaban J connectivity index is 0. The van der Waals surface area contributed by atoms with Crippen LogP contribution < -0.4 is 0 Å². The molecule has 0 aromatic rings. The van der Waals surface area contributed by atoms with Crippen LogP contribution in [0.2, 0.25) is 0 Å². The van der Waals surface area contributed by atoms with Crippen LogP contribution in [0.3, 0.4) is 0 Å². The van der Waals surface area contributed by atoms with Crippen LogP contribution in [0.4, 0.5) is 0 Å². The van der Waals surface area contributed by atoms with Gasteiger partial charge in [0.15, 0.2) is 0 Å². The van der Waals surface area contributed by atoms with Gasteiger partial charge in [-0.25, -0.2) is 5.26 Å². The highest BCUT2D eigenvalue weighted by Gasteiger charge is 1.97. The first-order chi connectivity index (χ1) is 4.56. The minimum atomic E-state index is -4.67. The van der Waals surface area contributed by atoms with E-state index in [1.54, 1.807) is 0 Å². The van der Waals surface area contributed by atoms with E-state index in [0.717, 1.165) is 0 Å². The minimum Gasteiger partial charge on any atom is -0.264 e. The normalized spacial score (nSPS) is 11.6. The molecule has 0 radical (unpaired) electrons. The maximum Gasteiger partial charge on any atom is 0.423 e. The number of hydrogen-bond acceptors (Lipinski definition) is 6. The van der Waals surface area contributed by atoms with Crippen molar-refractivity contribution in [3.05, 3.63) is 0 Å². The van der Waals surface area contributed by atoms with E-state index in [2.05, 4.69) is 4.33 Å². The molecule has 0 aliphatic carbocycles. The first-order valence-electron chi connectivity index (χ1n) is 1.56. The molecule has 0 saturated heterocycles. The molecule has 0 atom stereocenters. The van der Waals surface area contributed by atoms with Crippen molar-refractivity contribution in [2.24, 2.45) is 0 Å². The van der Waals surface area contributed by atoms with Crippen LogP contribution >= 0.6 is 0 Å². The lowest BCUT2D eigenvalue weighted by atomic mass is 15.0. The average Bonchev–Trinajstić information content (AvgIpc) is 1.59. The molecule has 0 aromatic heterocycles. The third-order valence-electron chi connectivity index (χ3n) is 0.0942. The van der Waals surface area contributed by atoms with Crippen molar-refractivity contribution in [1.82, 2.24) is 0 Å². The predicted molar refractivity (Wildman–Crippen MR) is 29.4 cm³/mol. The Kier molecular flexibility index (Phi) is 5.50. The third kappa shape index (κ3) is 78.9. The second-order valence-electron chi connectivity index (χ2n) is 0.950. The van der Waals surface area contributed by atoms with Gasteiger partial charge in [0.2, 0.25) is 0 Å². The summed E-state index contributed by atoms with van der Waals surface area (Å²) in [6.07, 6.45) is 0. The van der Waals surface area contributed by atoms with Crippen LogP contribution in [0.25, 0.3) is 0 Å². The van der Waals surface area contributed by atoms with Crippen LogP contribution in [0.15, 0.2) is 0 Å². The highest BCUT2D eigenvalue weighted by atomic mass is 32.3. The largest absolute Gasteiger partial charge is 0.423 e. The topological polar surface area (TPSA) is 158 Å². The van der Waals surface area contributed by atoms with Gasteiger partial charge < -0.3 is 0 Å². The third-order valence-corrected chi connectivity index (χ3v) is 0.283. The maximum absolute atomic E-state index is 9.08. The summed E-state index contributed by atoms with van der Waals surface area (Å²) in [6.45, 7) is 0. The van der Waals surface area contributed by atoms with E-state index in [9.17, 15) is 0 Å². The van der Waals surface area contributed by atoms with E-state index < -0.39 is 20.8 Å². The molecule has 0 fully saturated rings. The van der Waals surface area contributed by atoms with Crippen molar-refractivity contribution in [3.8, 4) is 0 Å². The monoisotopic (exact) mass is 212 g/mol. The summed E-state index contributed by atoms with van der Waals surface area (Å²) < 4.78 is 59.5. The average molecular weight is 212 g/mol. The van der Waals surface area contributed by atoms with E-state index in [4.69, 9.17) is 35.8 Å². The van der Waals surface area contributed by atoms with Gasteiger partial charge in [0.25, 0.3) is 0 Å². The summed E-state index contributed by atoms with van der Waals surface area (Å²) in [5, 5.41) is 7.06. The molecular formula is H4O9S2. The summed E-state index contributed by atoms with van der Waals surface area (Å²) in [5.74, 6) is 0. The summed E-state index contributed by atoms with van der Waals surface area (Å²) in [6, 6.07) is 0. The van der Waals surface area contributed by atoms with Gasteiger partial charge in [0.1, 0.15) is 0 Å². The predicted octanol–water partition coefficient (Wildman–Crippen LogP) is -1.37. The lowest BCUT2D eigenvalue weighted by Crippen LogP contribution is -1.97. The van der Waals surface area contributed by atoms with E-state index in [1.807, 2.05) is 0 Å². The Morgan fingerprint density at radius 1 is 0.909 bits per heavy atom. The van der Waals surface area contributed by atoms with Gasteiger partial charge in [0.05, 0.1) is 0 Å². The van der Waals surface area contributed by atoms with Crippen LogP contribution in [0.1, 0.15) is 0 Å². The molecule has 0 aliphatic heterocycles. The van der Waals surface area contributed by atoms with Crippen LogP contribution in [-0.2, 0) is 25.1 Å². The Bertz CT molecular complexity index is 255. The molecular weight excluding hydrogens is 208 g/mol. The fourth-order valence-electron chi connectivity index (χ4n) is 0. The highest BCUT2D eigenvalue weighted by Crippen LogP contribution is 1.74. The van der Waals surface area contributed by atoms with Crippen molar-refractivity contribution in [1.29, 1.82) is 0 Å². The molecule has 0 aromatic carbocycles. The van der Waals surface area contributed by atoms with Gasteiger partial charge in [0, 0.05) is 0 Å². The van der Waals surface area contributed by atoms with Gasteiger partial charge in [-0.2, -0.15) is 16.8 Å². The van der Waals surface area contributed by atoms with Crippen molar-refractivity contribution in [2.45, 2.75) is 0 Å². The van der Waals surface area contributed by atoms with Crippen LogP contribution in [0.5, 0.6) is 0 Å². The van der Waals surface area contributed by atoms with Crippen LogP contribution in [-0.4, -0.2) is 35.8 Å². The molecule has 4 N–H and O–H groups in total. The first-order valence-corrected chi connectivity index (χ1v) is 4.33. The van der Waals surface area contributed by atoms with E-state index in [-0.39, 0.29) is 0 Å². The lowest BCUT2D eigenvalue weighted by molar-refractivity contribution is -0.139. The van der Waals surface area contributed by atoms with Gasteiger partial charge in [-0.3, -0.25) is 13.7 Å². The Morgan fingerprint density at radius 2 is 1.00 bits per heavy atom. The summed E-state index contributed by atoms with van der Waals surface area (Å²) >= 11 is 0. The van der Waals surface area contributed by atoms with E-state index >= 15 is 0 Å². The van der Waals surface area contributed by atoms with Crippen molar-refractivity contribution in [3.63, 3.8) is 0 Å². The maximum atomic E-state index is 9.08. The molecule has 0 bridgehead atoms. The standard InChI is InChI=1S/H2O5S.H2O4S/c1-5-6(2,3)4;1-5(2,3)4/h1H,(H,2,3,4);(H2,1,2,3,4). The van der Waals surface area contributed by atoms with Crippen molar-refractivity contribution in [2.75, 3.05) is 0 Å². The zero-order valence-corrected chi connectivity index (χ0v) is 6.28. The summed E-state index contributed by atoms with van der Waals surface area (Å²) in [5.41, 5.74) is 0. The molecule has 0 amide bonds. The van der Waals surface area contributed by atoms with Crippen molar-refractivity contribution < 1.29 is 40.1 Å². The minimum absolute atomic E-state index is 2.47.